The van der Waals surface area contributed by atoms with Crippen molar-refractivity contribution in [3.05, 3.63) is 35.4 Å². The Balaban J connectivity index is 2.51. The summed E-state index contributed by atoms with van der Waals surface area (Å²) in [5, 5.41) is 2.89. The first-order chi connectivity index (χ1) is 8.06. The summed E-state index contributed by atoms with van der Waals surface area (Å²) in [5.74, 6) is 0.148. The van der Waals surface area contributed by atoms with Gasteiger partial charge in [-0.15, -0.1) is 0 Å². The van der Waals surface area contributed by atoms with E-state index in [-0.39, 0.29) is 11.8 Å². The van der Waals surface area contributed by atoms with E-state index in [0.717, 1.165) is 12.0 Å². The van der Waals surface area contributed by atoms with Gasteiger partial charge in [0.25, 0.3) is 0 Å². The molecular formula is C14H22N2O. The van der Waals surface area contributed by atoms with Gasteiger partial charge < -0.3 is 11.1 Å². The Hall–Kier alpha value is -1.35. The lowest BCUT2D eigenvalue weighted by Crippen LogP contribution is -2.44. The lowest BCUT2D eigenvalue weighted by atomic mass is 9.99. The molecule has 2 atom stereocenters. The zero-order valence-corrected chi connectivity index (χ0v) is 10.9. The van der Waals surface area contributed by atoms with Crippen molar-refractivity contribution in [2.45, 2.75) is 39.8 Å². The average Bonchev–Trinajstić information content (AvgIpc) is 2.35. The van der Waals surface area contributed by atoms with Crippen molar-refractivity contribution in [3.8, 4) is 0 Å². The van der Waals surface area contributed by atoms with Gasteiger partial charge in [0.15, 0.2) is 0 Å². The highest BCUT2D eigenvalue weighted by atomic mass is 16.2. The van der Waals surface area contributed by atoms with Crippen molar-refractivity contribution in [1.82, 2.24) is 5.32 Å². The van der Waals surface area contributed by atoms with Gasteiger partial charge in [-0.05, 0) is 24.0 Å². The quantitative estimate of drug-likeness (QED) is 0.818. The largest absolute Gasteiger partial charge is 0.351 e. The van der Waals surface area contributed by atoms with Crippen LogP contribution in [-0.2, 0) is 11.3 Å². The van der Waals surface area contributed by atoms with E-state index < -0.39 is 6.04 Å². The number of aryl methyl sites for hydroxylation is 1. The van der Waals surface area contributed by atoms with Crippen LogP contribution in [0.3, 0.4) is 0 Å². The molecule has 1 amide bonds. The number of carbonyl (C=O) groups is 1. The minimum absolute atomic E-state index is 0.0670. The maximum Gasteiger partial charge on any atom is 0.237 e. The maximum atomic E-state index is 11.8. The monoisotopic (exact) mass is 234 g/mol. The second kappa shape index (κ2) is 6.40. The molecular weight excluding hydrogens is 212 g/mol. The molecule has 1 aromatic rings. The van der Waals surface area contributed by atoms with Crippen LogP contribution in [0, 0.1) is 12.8 Å². The molecule has 17 heavy (non-hydrogen) atoms. The number of hydrogen-bond donors (Lipinski definition) is 2. The predicted molar refractivity (Wildman–Crippen MR) is 70.5 cm³/mol. The van der Waals surface area contributed by atoms with E-state index in [4.69, 9.17) is 5.73 Å². The lowest BCUT2D eigenvalue weighted by Gasteiger charge is -2.18. The van der Waals surface area contributed by atoms with Crippen LogP contribution in [0.15, 0.2) is 24.3 Å². The lowest BCUT2D eigenvalue weighted by molar-refractivity contribution is -0.123. The summed E-state index contributed by atoms with van der Waals surface area (Å²) >= 11 is 0. The van der Waals surface area contributed by atoms with Gasteiger partial charge in [-0.3, -0.25) is 4.79 Å². The Bertz CT molecular complexity index is 376. The molecule has 0 aliphatic rings. The molecule has 94 valence electrons. The molecule has 0 aliphatic heterocycles. The number of nitrogens with one attached hydrogen (secondary N) is 1. The summed E-state index contributed by atoms with van der Waals surface area (Å²) in [6, 6.07) is 7.61. The Morgan fingerprint density at radius 1 is 1.41 bits per heavy atom. The van der Waals surface area contributed by atoms with E-state index in [1.54, 1.807) is 0 Å². The fourth-order valence-corrected chi connectivity index (χ4v) is 1.62. The van der Waals surface area contributed by atoms with Crippen LogP contribution < -0.4 is 11.1 Å². The fourth-order valence-electron chi connectivity index (χ4n) is 1.62. The summed E-state index contributed by atoms with van der Waals surface area (Å²) in [7, 11) is 0. The molecule has 1 unspecified atom stereocenters. The molecule has 0 saturated carbocycles. The minimum Gasteiger partial charge on any atom is -0.351 e. The van der Waals surface area contributed by atoms with Crippen LogP contribution in [0.2, 0.25) is 0 Å². The Morgan fingerprint density at radius 2 is 2.06 bits per heavy atom. The Morgan fingerprint density at radius 3 is 2.65 bits per heavy atom. The van der Waals surface area contributed by atoms with Gasteiger partial charge in [0.1, 0.15) is 0 Å². The summed E-state index contributed by atoms with van der Waals surface area (Å²) in [6.07, 6.45) is 0.916. The predicted octanol–water partition coefficient (Wildman–Crippen LogP) is 1.98. The molecule has 1 aromatic carbocycles. The number of carbonyl (C=O) groups excluding carboxylic acids is 1. The van der Waals surface area contributed by atoms with E-state index in [2.05, 4.69) is 5.32 Å². The Labute approximate surface area is 103 Å². The number of benzene rings is 1. The van der Waals surface area contributed by atoms with Crippen LogP contribution in [0.4, 0.5) is 0 Å². The van der Waals surface area contributed by atoms with Gasteiger partial charge in [-0.1, -0.05) is 44.5 Å². The second-order valence-electron chi connectivity index (χ2n) is 4.56. The first-order valence-electron chi connectivity index (χ1n) is 6.14. The number of rotatable bonds is 5. The zero-order valence-electron chi connectivity index (χ0n) is 10.9. The van der Waals surface area contributed by atoms with Gasteiger partial charge in [-0.25, -0.2) is 0 Å². The molecule has 1 rings (SSSR count). The summed E-state index contributed by atoms with van der Waals surface area (Å²) < 4.78 is 0. The van der Waals surface area contributed by atoms with E-state index in [9.17, 15) is 4.79 Å². The molecule has 3 heteroatoms. The number of nitrogens with two attached hydrogens (primary N) is 1. The first kappa shape index (κ1) is 13.7. The van der Waals surface area contributed by atoms with E-state index in [1.165, 1.54) is 5.56 Å². The Kier molecular flexibility index (Phi) is 5.16. The topological polar surface area (TPSA) is 55.1 Å². The third-order valence-corrected chi connectivity index (χ3v) is 3.27. The molecule has 0 bridgehead atoms. The summed E-state index contributed by atoms with van der Waals surface area (Å²) in [5.41, 5.74) is 8.18. The maximum absolute atomic E-state index is 11.8. The van der Waals surface area contributed by atoms with Crippen molar-refractivity contribution in [3.63, 3.8) is 0 Å². The van der Waals surface area contributed by atoms with Crippen molar-refractivity contribution < 1.29 is 4.79 Å². The second-order valence-corrected chi connectivity index (χ2v) is 4.56. The molecule has 0 spiro atoms. The third-order valence-electron chi connectivity index (χ3n) is 3.27. The van der Waals surface area contributed by atoms with Crippen LogP contribution in [-0.4, -0.2) is 11.9 Å². The van der Waals surface area contributed by atoms with Crippen molar-refractivity contribution in [2.75, 3.05) is 0 Å². The van der Waals surface area contributed by atoms with Crippen LogP contribution in [0.1, 0.15) is 31.4 Å². The summed E-state index contributed by atoms with van der Waals surface area (Å²) in [4.78, 5) is 11.8. The molecule has 0 aliphatic carbocycles. The van der Waals surface area contributed by atoms with Crippen LogP contribution in [0.25, 0.3) is 0 Å². The molecule has 0 saturated heterocycles. The van der Waals surface area contributed by atoms with E-state index in [1.807, 2.05) is 45.0 Å². The fraction of sp³-hybridized carbons (Fsp3) is 0.500. The van der Waals surface area contributed by atoms with Crippen molar-refractivity contribution in [1.29, 1.82) is 0 Å². The van der Waals surface area contributed by atoms with Crippen molar-refractivity contribution in [2.24, 2.45) is 11.7 Å². The number of hydrogen-bond acceptors (Lipinski definition) is 2. The number of amides is 1. The summed E-state index contributed by atoms with van der Waals surface area (Å²) in [6.45, 7) is 6.63. The molecule has 0 fully saturated rings. The molecule has 3 N–H and O–H groups in total. The molecule has 3 nitrogen and oxygen atoms in total. The van der Waals surface area contributed by atoms with Gasteiger partial charge in [0.2, 0.25) is 5.91 Å². The van der Waals surface area contributed by atoms with Gasteiger partial charge in [-0.2, -0.15) is 0 Å². The highest BCUT2D eigenvalue weighted by molar-refractivity contribution is 5.81. The molecule has 0 heterocycles. The highest BCUT2D eigenvalue weighted by Crippen LogP contribution is 2.08. The minimum atomic E-state index is -0.413. The smallest absolute Gasteiger partial charge is 0.237 e. The van der Waals surface area contributed by atoms with E-state index in [0.29, 0.717) is 6.54 Å². The average molecular weight is 234 g/mol. The van der Waals surface area contributed by atoms with Gasteiger partial charge >= 0.3 is 0 Å². The molecule has 0 aromatic heterocycles. The normalized spacial score (nSPS) is 14.1. The SMILES string of the molecule is CCC(C)[C@H](N)C(=O)NCc1ccccc1C. The first-order valence-corrected chi connectivity index (χ1v) is 6.14. The van der Waals surface area contributed by atoms with Crippen LogP contribution in [0.5, 0.6) is 0 Å². The zero-order chi connectivity index (χ0) is 12.8. The molecule has 0 radical (unpaired) electrons. The highest BCUT2D eigenvalue weighted by Gasteiger charge is 2.18. The van der Waals surface area contributed by atoms with Crippen LogP contribution >= 0.6 is 0 Å². The van der Waals surface area contributed by atoms with Gasteiger partial charge in [0.05, 0.1) is 6.04 Å². The van der Waals surface area contributed by atoms with E-state index >= 15 is 0 Å². The van der Waals surface area contributed by atoms with Crippen molar-refractivity contribution >= 4 is 5.91 Å². The third kappa shape index (κ3) is 3.86. The standard InChI is InChI=1S/C14H22N2O/c1-4-10(2)13(15)14(17)16-9-12-8-6-5-7-11(12)3/h5-8,10,13H,4,9,15H2,1-3H3,(H,16,17)/t10?,13-/m0/s1. The van der Waals surface area contributed by atoms with Gasteiger partial charge in [0, 0.05) is 6.54 Å².